The first kappa shape index (κ1) is 11.9. The van der Waals surface area contributed by atoms with Crippen LogP contribution in [0.15, 0.2) is 18.2 Å². The summed E-state index contributed by atoms with van der Waals surface area (Å²) in [5.41, 5.74) is 3.49. The third-order valence-corrected chi connectivity index (χ3v) is 3.44. The van der Waals surface area contributed by atoms with Crippen LogP contribution < -0.4 is 5.32 Å². The largest absolute Gasteiger partial charge is 0.319 e. The first-order chi connectivity index (χ1) is 9.24. The first-order valence-corrected chi connectivity index (χ1v) is 6.55. The van der Waals surface area contributed by atoms with E-state index < -0.39 is 0 Å². The van der Waals surface area contributed by atoms with E-state index >= 15 is 0 Å². The number of amides is 1. The minimum Gasteiger partial charge on any atom is -0.319 e. The predicted octanol–water partition coefficient (Wildman–Crippen LogP) is 2.24. The number of aromatic amines is 1. The number of aryl methyl sites for hydroxylation is 2. The Morgan fingerprint density at radius 1 is 1.32 bits per heavy atom. The molecule has 5 heteroatoms. The summed E-state index contributed by atoms with van der Waals surface area (Å²) in [6.45, 7) is 1.77. The summed E-state index contributed by atoms with van der Waals surface area (Å²) < 4.78 is 0. The zero-order valence-corrected chi connectivity index (χ0v) is 10.9. The summed E-state index contributed by atoms with van der Waals surface area (Å²) >= 11 is 0. The zero-order valence-electron chi connectivity index (χ0n) is 10.9. The van der Waals surface area contributed by atoms with Crippen molar-refractivity contribution in [3.63, 3.8) is 0 Å². The number of nitrogens with zero attached hydrogens (tertiary/aromatic N) is 2. The summed E-state index contributed by atoms with van der Waals surface area (Å²) in [6.07, 6.45) is 4.53. The second kappa shape index (κ2) is 4.84. The fourth-order valence-electron chi connectivity index (χ4n) is 2.52. The minimum absolute atomic E-state index is 0.186. The minimum atomic E-state index is -0.261. The second-order valence-corrected chi connectivity index (χ2v) is 4.85. The lowest BCUT2D eigenvalue weighted by molar-refractivity contribution is 0.101. The van der Waals surface area contributed by atoms with Crippen molar-refractivity contribution in [3.8, 4) is 0 Å². The monoisotopic (exact) mass is 256 g/mol. The Morgan fingerprint density at radius 2 is 2.16 bits per heavy atom. The average Bonchev–Trinajstić information content (AvgIpc) is 2.86. The molecule has 0 aliphatic heterocycles. The van der Waals surface area contributed by atoms with E-state index in [2.05, 4.69) is 26.6 Å². The van der Waals surface area contributed by atoms with E-state index in [1.165, 1.54) is 24.0 Å². The van der Waals surface area contributed by atoms with Gasteiger partial charge in [0.1, 0.15) is 5.82 Å². The average molecular weight is 256 g/mol. The number of carbonyl (C=O) groups excluding carboxylic acids is 1. The highest BCUT2D eigenvalue weighted by Crippen LogP contribution is 2.27. The number of anilines is 1. The highest BCUT2D eigenvalue weighted by atomic mass is 16.2. The zero-order chi connectivity index (χ0) is 13.2. The van der Waals surface area contributed by atoms with Gasteiger partial charge in [0.05, 0.1) is 0 Å². The molecule has 2 aromatic rings. The lowest BCUT2D eigenvalue weighted by Gasteiger charge is -2.19. The molecule has 1 heterocycles. The summed E-state index contributed by atoms with van der Waals surface area (Å²) in [4.78, 5) is 16.1. The molecule has 0 saturated heterocycles. The number of H-pyrrole nitrogens is 1. The van der Waals surface area contributed by atoms with Gasteiger partial charge in [-0.15, -0.1) is 5.10 Å². The van der Waals surface area contributed by atoms with Crippen LogP contribution in [0, 0.1) is 6.92 Å². The van der Waals surface area contributed by atoms with Gasteiger partial charge in [-0.2, -0.15) is 0 Å². The molecule has 1 aromatic heterocycles. The maximum Gasteiger partial charge on any atom is 0.295 e. The highest BCUT2D eigenvalue weighted by Gasteiger charge is 2.16. The van der Waals surface area contributed by atoms with E-state index in [-0.39, 0.29) is 11.7 Å². The van der Waals surface area contributed by atoms with Gasteiger partial charge in [-0.3, -0.25) is 9.89 Å². The van der Waals surface area contributed by atoms with Gasteiger partial charge in [-0.25, -0.2) is 4.98 Å². The number of hydrogen-bond acceptors (Lipinski definition) is 3. The standard InChI is InChI=1S/C14H16N4O/c1-9-15-13(18-17-9)14(19)16-12-8-4-6-10-5-2-3-7-11(10)12/h4,6,8H,2-3,5,7H2,1H3,(H,16,19)(H,15,17,18). The Balaban J connectivity index is 1.85. The van der Waals surface area contributed by atoms with Gasteiger partial charge in [0.25, 0.3) is 5.91 Å². The normalized spacial score (nSPS) is 13.9. The number of fused-ring (bicyclic) bond motifs is 1. The van der Waals surface area contributed by atoms with Gasteiger partial charge in [0.2, 0.25) is 5.82 Å². The smallest absolute Gasteiger partial charge is 0.295 e. The molecule has 1 aliphatic rings. The molecule has 1 amide bonds. The van der Waals surface area contributed by atoms with E-state index in [1.807, 2.05) is 12.1 Å². The molecule has 0 fully saturated rings. The van der Waals surface area contributed by atoms with Crippen LogP contribution in [0.3, 0.4) is 0 Å². The van der Waals surface area contributed by atoms with Gasteiger partial charge in [-0.05, 0) is 49.8 Å². The van der Waals surface area contributed by atoms with Crippen molar-refractivity contribution < 1.29 is 4.79 Å². The molecule has 2 N–H and O–H groups in total. The SMILES string of the molecule is Cc1nc(C(=O)Nc2cccc3c2CCCC3)n[nH]1. The maximum atomic E-state index is 12.1. The van der Waals surface area contributed by atoms with E-state index in [9.17, 15) is 4.79 Å². The summed E-state index contributed by atoms with van der Waals surface area (Å²) in [6, 6.07) is 6.08. The van der Waals surface area contributed by atoms with Crippen molar-refractivity contribution >= 4 is 11.6 Å². The molecule has 3 rings (SSSR count). The number of rotatable bonds is 2. The molecule has 5 nitrogen and oxygen atoms in total. The molecule has 1 aliphatic carbocycles. The van der Waals surface area contributed by atoms with Gasteiger partial charge < -0.3 is 5.32 Å². The molecule has 98 valence electrons. The Morgan fingerprint density at radius 3 is 2.95 bits per heavy atom. The number of benzene rings is 1. The van der Waals surface area contributed by atoms with E-state index in [4.69, 9.17) is 0 Å². The molecular formula is C14H16N4O. The molecule has 0 unspecified atom stereocenters. The Bertz CT molecular complexity index is 618. The number of hydrogen-bond donors (Lipinski definition) is 2. The molecule has 0 radical (unpaired) electrons. The third-order valence-electron chi connectivity index (χ3n) is 3.44. The Labute approximate surface area is 111 Å². The van der Waals surface area contributed by atoms with Crippen molar-refractivity contribution in [1.29, 1.82) is 0 Å². The third kappa shape index (κ3) is 2.36. The van der Waals surface area contributed by atoms with Crippen molar-refractivity contribution in [1.82, 2.24) is 15.2 Å². The molecule has 0 atom stereocenters. The number of aromatic nitrogens is 3. The summed E-state index contributed by atoms with van der Waals surface area (Å²) in [7, 11) is 0. The van der Waals surface area contributed by atoms with Crippen LogP contribution in [-0.2, 0) is 12.8 Å². The van der Waals surface area contributed by atoms with Crippen molar-refractivity contribution in [3.05, 3.63) is 41.0 Å². The van der Waals surface area contributed by atoms with E-state index in [0.29, 0.717) is 5.82 Å². The molecule has 19 heavy (non-hydrogen) atoms. The molecular weight excluding hydrogens is 240 g/mol. The fourth-order valence-corrected chi connectivity index (χ4v) is 2.52. The Hall–Kier alpha value is -2.17. The van der Waals surface area contributed by atoms with Crippen molar-refractivity contribution in [2.24, 2.45) is 0 Å². The molecule has 0 saturated carbocycles. The topological polar surface area (TPSA) is 70.7 Å². The molecule has 0 spiro atoms. The summed E-state index contributed by atoms with van der Waals surface area (Å²) in [5.74, 6) is 0.564. The lowest BCUT2D eigenvalue weighted by Crippen LogP contribution is -2.16. The predicted molar refractivity (Wildman–Crippen MR) is 72.2 cm³/mol. The van der Waals surface area contributed by atoms with E-state index in [1.54, 1.807) is 6.92 Å². The Kier molecular flexibility index (Phi) is 3.03. The maximum absolute atomic E-state index is 12.1. The van der Waals surface area contributed by atoms with Crippen LogP contribution >= 0.6 is 0 Å². The number of nitrogens with one attached hydrogen (secondary N) is 2. The van der Waals surface area contributed by atoms with Crippen LogP contribution in [0.4, 0.5) is 5.69 Å². The summed E-state index contributed by atoms with van der Waals surface area (Å²) in [5, 5.41) is 9.47. The van der Waals surface area contributed by atoms with Gasteiger partial charge in [-0.1, -0.05) is 12.1 Å². The van der Waals surface area contributed by atoms with Crippen LogP contribution in [0.1, 0.15) is 40.4 Å². The van der Waals surface area contributed by atoms with Crippen molar-refractivity contribution in [2.75, 3.05) is 5.32 Å². The highest BCUT2D eigenvalue weighted by molar-refractivity contribution is 6.02. The second-order valence-electron chi connectivity index (χ2n) is 4.85. The number of carbonyl (C=O) groups is 1. The van der Waals surface area contributed by atoms with Crippen LogP contribution in [0.5, 0.6) is 0 Å². The van der Waals surface area contributed by atoms with Gasteiger partial charge in [0.15, 0.2) is 0 Å². The quantitative estimate of drug-likeness (QED) is 0.865. The van der Waals surface area contributed by atoms with E-state index in [0.717, 1.165) is 18.5 Å². The van der Waals surface area contributed by atoms with Crippen LogP contribution in [0.2, 0.25) is 0 Å². The van der Waals surface area contributed by atoms with Crippen LogP contribution in [0.25, 0.3) is 0 Å². The fraction of sp³-hybridized carbons (Fsp3) is 0.357. The van der Waals surface area contributed by atoms with Gasteiger partial charge in [0, 0.05) is 5.69 Å². The molecule has 0 bridgehead atoms. The van der Waals surface area contributed by atoms with Crippen LogP contribution in [-0.4, -0.2) is 21.1 Å². The van der Waals surface area contributed by atoms with Gasteiger partial charge >= 0.3 is 0 Å². The lowest BCUT2D eigenvalue weighted by atomic mass is 9.90. The van der Waals surface area contributed by atoms with Crippen molar-refractivity contribution in [2.45, 2.75) is 32.6 Å². The first-order valence-electron chi connectivity index (χ1n) is 6.55. The molecule has 1 aromatic carbocycles.